The maximum atomic E-state index is 6.94. The quantitative estimate of drug-likeness (QED) is 0.152. The van der Waals surface area contributed by atoms with Crippen molar-refractivity contribution < 1.29 is 8.83 Å². The van der Waals surface area contributed by atoms with Crippen molar-refractivity contribution in [3.8, 4) is 11.4 Å². The Morgan fingerprint density at radius 2 is 0.643 bits per heavy atom. The van der Waals surface area contributed by atoms with Crippen LogP contribution in [0.4, 0.5) is 34.1 Å². The van der Waals surface area contributed by atoms with Gasteiger partial charge in [-0.25, -0.2) is 0 Å². The highest BCUT2D eigenvalue weighted by Crippen LogP contribution is 2.49. The molecule has 0 bridgehead atoms. The summed E-state index contributed by atoms with van der Waals surface area (Å²) in [6.45, 7) is 13.6. The lowest BCUT2D eigenvalue weighted by atomic mass is 9.87. The summed E-state index contributed by atoms with van der Waals surface area (Å²) in [6.07, 6.45) is 0. The van der Waals surface area contributed by atoms with Crippen molar-refractivity contribution >= 4 is 132 Å². The second-order valence-electron chi connectivity index (χ2n) is 24.5. The first-order chi connectivity index (χ1) is 40.9. The molecule has 0 aliphatic carbocycles. The summed E-state index contributed by atoms with van der Waals surface area (Å²) >= 11 is 0. The Kier molecular flexibility index (Phi) is 11.0. The molecule has 0 saturated heterocycles. The maximum absolute atomic E-state index is 6.94. The van der Waals surface area contributed by atoms with Gasteiger partial charge in [0.05, 0.1) is 33.4 Å². The van der Waals surface area contributed by atoms with Crippen LogP contribution in [-0.2, 0) is 10.8 Å². The number of aromatic nitrogens is 2. The van der Waals surface area contributed by atoms with Crippen LogP contribution >= 0.6 is 0 Å². The highest BCUT2D eigenvalue weighted by molar-refractivity contribution is 6.24. The Hall–Kier alpha value is -10.3. The summed E-state index contributed by atoms with van der Waals surface area (Å²) in [5.74, 6) is 0. The van der Waals surface area contributed by atoms with Crippen molar-refractivity contribution in [1.29, 1.82) is 0 Å². The lowest BCUT2D eigenvalue weighted by molar-refractivity contribution is 0.590. The van der Waals surface area contributed by atoms with Crippen molar-refractivity contribution in [2.24, 2.45) is 0 Å². The Labute approximate surface area is 487 Å². The van der Waals surface area contributed by atoms with Gasteiger partial charge < -0.3 is 27.8 Å². The molecule has 0 spiro atoms. The van der Waals surface area contributed by atoms with E-state index in [2.05, 4.69) is 315 Å². The van der Waals surface area contributed by atoms with Crippen molar-refractivity contribution in [3.05, 3.63) is 266 Å². The molecule has 6 heteroatoms. The molecule has 0 aliphatic heterocycles. The van der Waals surface area contributed by atoms with Gasteiger partial charge in [0.1, 0.15) is 22.3 Å². The first kappa shape index (κ1) is 49.5. The molecule has 0 N–H and O–H groups in total. The average molecular weight is 1090 g/mol. The molecule has 16 aromatic rings. The second-order valence-corrected chi connectivity index (χ2v) is 24.5. The first-order valence-electron chi connectivity index (χ1n) is 29.2. The van der Waals surface area contributed by atoms with Crippen LogP contribution in [0.3, 0.4) is 0 Å². The van der Waals surface area contributed by atoms with Gasteiger partial charge in [-0.3, -0.25) is 0 Å². The van der Waals surface area contributed by atoms with Crippen LogP contribution in [0.1, 0.15) is 52.7 Å². The predicted molar refractivity (Wildman–Crippen MR) is 354 cm³/mol. The molecule has 404 valence electrons. The van der Waals surface area contributed by atoms with Crippen LogP contribution in [0, 0.1) is 0 Å². The van der Waals surface area contributed by atoms with Crippen LogP contribution < -0.4 is 9.80 Å². The topological polar surface area (TPSA) is 42.6 Å². The number of nitrogens with zero attached hydrogens (tertiary/aromatic N) is 4. The maximum Gasteiger partial charge on any atom is 0.143 e. The molecule has 4 heterocycles. The van der Waals surface area contributed by atoms with Gasteiger partial charge in [-0.05, 0) is 168 Å². The van der Waals surface area contributed by atoms with Gasteiger partial charge in [-0.1, -0.05) is 151 Å². The van der Waals surface area contributed by atoms with E-state index >= 15 is 0 Å². The number of fused-ring (bicyclic) bond motifs is 15. The summed E-state index contributed by atoms with van der Waals surface area (Å²) in [5.41, 5.74) is 19.4. The van der Waals surface area contributed by atoms with E-state index in [0.717, 1.165) is 111 Å². The summed E-state index contributed by atoms with van der Waals surface area (Å²) in [4.78, 5) is 4.80. The second kappa shape index (κ2) is 18.6. The molecule has 4 aromatic heterocycles. The number of anilines is 6. The van der Waals surface area contributed by atoms with Gasteiger partial charge in [0.2, 0.25) is 0 Å². The van der Waals surface area contributed by atoms with Gasteiger partial charge >= 0.3 is 0 Å². The molecule has 12 aromatic carbocycles. The minimum absolute atomic E-state index is 0.0566. The molecule has 6 nitrogen and oxygen atoms in total. The molecule has 84 heavy (non-hydrogen) atoms. The van der Waals surface area contributed by atoms with Crippen molar-refractivity contribution in [1.82, 2.24) is 9.13 Å². The number of hydrogen-bond acceptors (Lipinski definition) is 4. The fourth-order valence-corrected chi connectivity index (χ4v) is 13.3. The lowest BCUT2D eigenvalue weighted by Gasteiger charge is -2.26. The summed E-state index contributed by atoms with van der Waals surface area (Å²) in [6, 6.07) is 92.7. The standard InChI is InChI=1S/C78H60N4O2/c1-77(2,3)49-31-35-53(36-32-49)81-65-25-15-13-23-61(65)73-67(27-17-29-69(73)81)79(51-19-9-7-10-20-51)55-39-45-71-63(47-55)59-43-41-58-57(75(59)83-71)42-44-60-64-48-56(40-46-72(64)84-76(58)60)80(52-21-11-8-12-22-52)68-28-18-30-70-74(68)62-24-14-16-26-66(62)82(70)54-37-33-50(34-38-54)78(4,5)6/h7-48H,1-6H3. The summed E-state index contributed by atoms with van der Waals surface area (Å²) < 4.78 is 18.7. The molecule has 0 fully saturated rings. The van der Waals surface area contributed by atoms with Gasteiger partial charge in [0, 0.05) is 88.0 Å². The molecule has 16 rings (SSSR count). The molecule has 0 aliphatic rings. The summed E-state index contributed by atoms with van der Waals surface area (Å²) in [5, 5.41) is 11.0. The number of benzene rings is 12. The lowest BCUT2D eigenvalue weighted by Crippen LogP contribution is -2.11. The Balaban J connectivity index is 0.820. The van der Waals surface area contributed by atoms with Gasteiger partial charge in [0.15, 0.2) is 0 Å². The number of hydrogen-bond donors (Lipinski definition) is 0. The molecule has 0 amide bonds. The van der Waals surface area contributed by atoms with Crippen LogP contribution in [0.25, 0.3) is 110 Å². The zero-order valence-electron chi connectivity index (χ0n) is 47.9. The third kappa shape index (κ3) is 7.70. The zero-order valence-corrected chi connectivity index (χ0v) is 47.9. The summed E-state index contributed by atoms with van der Waals surface area (Å²) in [7, 11) is 0. The molecular weight excluding hydrogens is 1020 g/mol. The Morgan fingerprint density at radius 1 is 0.286 bits per heavy atom. The van der Waals surface area contributed by atoms with Crippen LogP contribution in [0.2, 0.25) is 0 Å². The zero-order chi connectivity index (χ0) is 56.6. The molecule has 0 unspecified atom stereocenters. The van der Waals surface area contributed by atoms with Crippen LogP contribution in [0.15, 0.2) is 264 Å². The first-order valence-corrected chi connectivity index (χ1v) is 29.2. The smallest absolute Gasteiger partial charge is 0.143 e. The van der Waals surface area contributed by atoms with Gasteiger partial charge in [-0.15, -0.1) is 0 Å². The van der Waals surface area contributed by atoms with E-state index in [1.165, 1.54) is 43.7 Å². The van der Waals surface area contributed by atoms with E-state index in [-0.39, 0.29) is 10.8 Å². The van der Waals surface area contributed by atoms with E-state index in [1.54, 1.807) is 0 Å². The third-order valence-corrected chi connectivity index (χ3v) is 17.4. The van der Waals surface area contributed by atoms with E-state index in [1.807, 2.05) is 0 Å². The predicted octanol–water partition coefficient (Wildman–Crippen LogP) is 22.4. The Bertz CT molecular complexity index is 4930. The average Bonchev–Trinajstić information content (AvgIpc) is 1.82. The molecule has 0 atom stereocenters. The van der Waals surface area contributed by atoms with Crippen molar-refractivity contribution in [2.45, 2.75) is 52.4 Å². The monoisotopic (exact) mass is 1080 g/mol. The van der Waals surface area contributed by atoms with Crippen LogP contribution in [0.5, 0.6) is 0 Å². The fourth-order valence-electron chi connectivity index (χ4n) is 13.3. The largest absolute Gasteiger partial charge is 0.455 e. The number of rotatable bonds is 8. The van der Waals surface area contributed by atoms with Gasteiger partial charge in [-0.2, -0.15) is 0 Å². The van der Waals surface area contributed by atoms with E-state index in [0.29, 0.717) is 0 Å². The van der Waals surface area contributed by atoms with Crippen LogP contribution in [-0.4, -0.2) is 9.13 Å². The molecule has 0 saturated carbocycles. The van der Waals surface area contributed by atoms with E-state index in [4.69, 9.17) is 8.83 Å². The van der Waals surface area contributed by atoms with Crippen molar-refractivity contribution in [2.75, 3.05) is 9.80 Å². The van der Waals surface area contributed by atoms with E-state index < -0.39 is 0 Å². The minimum atomic E-state index is 0.0566. The highest BCUT2D eigenvalue weighted by Gasteiger charge is 2.26. The fraction of sp³-hybridized carbons (Fsp3) is 0.103. The molecular formula is C78H60N4O2. The van der Waals surface area contributed by atoms with E-state index in [9.17, 15) is 0 Å². The van der Waals surface area contributed by atoms with Gasteiger partial charge in [0.25, 0.3) is 0 Å². The Morgan fingerprint density at radius 3 is 1.04 bits per heavy atom. The SMILES string of the molecule is CC(C)(C)c1ccc(-n2c3ccccc3c3c(N(c4ccccc4)c4ccc5oc6c(ccc7c6ccc6c8cc(N(c9ccccc9)c9cccc%10c9c9ccccc9n%10-c9ccc(C(C)(C)C)cc9)ccc8oc67)c5c4)cccc32)cc1. The number of furan rings is 2. The normalized spacial score (nSPS) is 12.4. The minimum Gasteiger partial charge on any atom is -0.455 e. The van der Waals surface area contributed by atoms with Crippen molar-refractivity contribution in [3.63, 3.8) is 0 Å². The highest BCUT2D eigenvalue weighted by atomic mass is 16.3. The number of para-hydroxylation sites is 4. The third-order valence-electron chi connectivity index (χ3n) is 17.4. The molecule has 0 radical (unpaired) electrons.